The zero-order valence-corrected chi connectivity index (χ0v) is 10.6. The van der Waals surface area contributed by atoms with Crippen molar-refractivity contribution in [2.45, 2.75) is 32.4 Å². The predicted molar refractivity (Wildman–Crippen MR) is 66.5 cm³/mol. The first kappa shape index (κ1) is 11.9. The van der Waals surface area contributed by atoms with Gasteiger partial charge in [-0.25, -0.2) is 4.98 Å². The topological polar surface area (TPSA) is 61.7 Å². The molecule has 5 heteroatoms. The van der Waals surface area contributed by atoms with Crippen molar-refractivity contribution in [1.82, 2.24) is 19.3 Å². The second-order valence-corrected chi connectivity index (χ2v) is 5.12. The van der Waals surface area contributed by atoms with Gasteiger partial charge in [-0.15, -0.1) is 0 Å². The zero-order valence-electron chi connectivity index (χ0n) is 10.6. The van der Waals surface area contributed by atoms with E-state index < -0.39 is 0 Å². The lowest BCUT2D eigenvalue weighted by atomic mass is 10.0. The zero-order chi connectivity index (χ0) is 12.5. The van der Waals surface area contributed by atoms with Gasteiger partial charge in [-0.1, -0.05) is 0 Å². The molecular formula is C12H19N5. The molecule has 0 saturated carbocycles. The van der Waals surface area contributed by atoms with Crippen LogP contribution in [0.2, 0.25) is 0 Å². The van der Waals surface area contributed by atoms with Gasteiger partial charge in [0.15, 0.2) is 0 Å². The van der Waals surface area contributed by atoms with Crippen molar-refractivity contribution in [3.05, 3.63) is 36.2 Å². The van der Waals surface area contributed by atoms with Gasteiger partial charge in [0.1, 0.15) is 0 Å². The first-order chi connectivity index (χ1) is 7.96. The highest BCUT2D eigenvalue weighted by atomic mass is 15.3. The van der Waals surface area contributed by atoms with E-state index >= 15 is 0 Å². The third-order valence-corrected chi connectivity index (χ3v) is 2.69. The molecule has 0 bridgehead atoms. The highest BCUT2D eigenvalue weighted by Gasteiger charge is 2.15. The molecule has 2 aromatic rings. The molecule has 0 saturated heterocycles. The summed E-state index contributed by atoms with van der Waals surface area (Å²) in [6.07, 6.45) is 6.34. The molecule has 92 valence electrons. The Bertz CT molecular complexity index is 489. The van der Waals surface area contributed by atoms with Crippen LogP contribution in [0, 0.1) is 0 Å². The largest absolute Gasteiger partial charge is 0.329 e. The average molecular weight is 233 g/mol. The fourth-order valence-corrected chi connectivity index (χ4v) is 1.84. The maximum atomic E-state index is 6.04. The van der Waals surface area contributed by atoms with Gasteiger partial charge in [-0.3, -0.25) is 4.68 Å². The van der Waals surface area contributed by atoms with E-state index in [1.54, 1.807) is 6.20 Å². The molecule has 2 N–H and O–H groups in total. The van der Waals surface area contributed by atoms with Gasteiger partial charge in [0, 0.05) is 37.1 Å². The standard InChI is InChI=1S/C12H19N5/c1-12(2,13)6-11-7-14-9-17(11)8-10-4-5-15-16(10)3/h4-5,7,9H,6,8,13H2,1-3H3. The average Bonchev–Trinajstić information content (AvgIpc) is 2.76. The number of aryl methyl sites for hydroxylation is 1. The molecule has 0 atom stereocenters. The van der Waals surface area contributed by atoms with Crippen LogP contribution in [-0.2, 0) is 20.0 Å². The fourth-order valence-electron chi connectivity index (χ4n) is 1.84. The lowest BCUT2D eigenvalue weighted by Gasteiger charge is -2.19. The number of hydrogen-bond donors (Lipinski definition) is 1. The summed E-state index contributed by atoms with van der Waals surface area (Å²) in [4.78, 5) is 4.19. The molecule has 2 rings (SSSR count). The summed E-state index contributed by atoms with van der Waals surface area (Å²) in [5.74, 6) is 0. The third-order valence-electron chi connectivity index (χ3n) is 2.69. The van der Waals surface area contributed by atoms with E-state index in [1.807, 2.05) is 44.2 Å². The molecular weight excluding hydrogens is 214 g/mol. The molecule has 0 aliphatic heterocycles. The van der Waals surface area contributed by atoms with Gasteiger partial charge in [-0.05, 0) is 19.9 Å². The Kier molecular flexibility index (Phi) is 3.02. The molecule has 0 radical (unpaired) electrons. The normalized spacial score (nSPS) is 12.0. The van der Waals surface area contributed by atoms with Crippen LogP contribution in [0.25, 0.3) is 0 Å². The molecule has 5 nitrogen and oxygen atoms in total. The number of rotatable bonds is 4. The van der Waals surface area contributed by atoms with Crippen molar-refractivity contribution in [2.75, 3.05) is 0 Å². The lowest BCUT2D eigenvalue weighted by molar-refractivity contribution is 0.496. The monoisotopic (exact) mass is 233 g/mol. The Morgan fingerprint density at radius 3 is 2.71 bits per heavy atom. The first-order valence-electron chi connectivity index (χ1n) is 5.70. The third kappa shape index (κ3) is 2.94. The Balaban J connectivity index is 2.17. The minimum atomic E-state index is -0.218. The van der Waals surface area contributed by atoms with Crippen LogP contribution in [0.3, 0.4) is 0 Å². The van der Waals surface area contributed by atoms with E-state index in [9.17, 15) is 0 Å². The van der Waals surface area contributed by atoms with E-state index in [-0.39, 0.29) is 5.54 Å². The number of nitrogens with zero attached hydrogens (tertiary/aromatic N) is 4. The molecule has 0 aliphatic rings. The number of imidazole rings is 1. The molecule has 0 aromatic carbocycles. The second-order valence-electron chi connectivity index (χ2n) is 5.12. The molecule has 0 amide bonds. The van der Waals surface area contributed by atoms with Gasteiger partial charge < -0.3 is 10.3 Å². The van der Waals surface area contributed by atoms with Crippen molar-refractivity contribution in [2.24, 2.45) is 12.8 Å². The summed E-state index contributed by atoms with van der Waals surface area (Å²) in [5, 5.41) is 4.16. The molecule has 2 heterocycles. The van der Waals surface area contributed by atoms with Gasteiger partial charge >= 0.3 is 0 Å². The SMILES string of the molecule is Cn1nccc1Cn1cncc1CC(C)(C)N. The number of hydrogen-bond acceptors (Lipinski definition) is 3. The van der Waals surface area contributed by atoms with E-state index in [1.165, 1.54) is 0 Å². The number of aromatic nitrogens is 4. The van der Waals surface area contributed by atoms with E-state index in [4.69, 9.17) is 5.73 Å². The molecule has 0 unspecified atom stereocenters. The Hall–Kier alpha value is -1.62. The lowest BCUT2D eigenvalue weighted by Crippen LogP contribution is -2.35. The highest BCUT2D eigenvalue weighted by Crippen LogP contribution is 2.11. The van der Waals surface area contributed by atoms with Crippen LogP contribution < -0.4 is 5.73 Å². The van der Waals surface area contributed by atoms with Crippen LogP contribution >= 0.6 is 0 Å². The summed E-state index contributed by atoms with van der Waals surface area (Å²) in [5.41, 5.74) is 8.13. The predicted octanol–water partition coefficient (Wildman–Crippen LogP) is 0.945. The van der Waals surface area contributed by atoms with E-state index in [0.717, 1.165) is 24.4 Å². The maximum Gasteiger partial charge on any atom is 0.0951 e. The summed E-state index contributed by atoms with van der Waals surface area (Å²) in [6.45, 7) is 4.82. The quantitative estimate of drug-likeness (QED) is 0.855. The van der Waals surface area contributed by atoms with Crippen LogP contribution in [0.5, 0.6) is 0 Å². The summed E-state index contributed by atoms with van der Waals surface area (Å²) in [7, 11) is 1.94. The summed E-state index contributed by atoms with van der Waals surface area (Å²) >= 11 is 0. The minimum Gasteiger partial charge on any atom is -0.329 e. The van der Waals surface area contributed by atoms with Crippen molar-refractivity contribution >= 4 is 0 Å². The van der Waals surface area contributed by atoms with Gasteiger partial charge in [0.05, 0.1) is 18.6 Å². The Morgan fingerprint density at radius 2 is 2.12 bits per heavy atom. The highest BCUT2D eigenvalue weighted by molar-refractivity contribution is 5.08. The van der Waals surface area contributed by atoms with Crippen molar-refractivity contribution in [1.29, 1.82) is 0 Å². The van der Waals surface area contributed by atoms with Crippen molar-refractivity contribution in [3.8, 4) is 0 Å². The maximum absolute atomic E-state index is 6.04. The van der Waals surface area contributed by atoms with Crippen molar-refractivity contribution in [3.63, 3.8) is 0 Å². The van der Waals surface area contributed by atoms with Crippen LogP contribution in [0.4, 0.5) is 0 Å². The van der Waals surface area contributed by atoms with Gasteiger partial charge in [0.25, 0.3) is 0 Å². The Labute approximate surface area is 101 Å². The van der Waals surface area contributed by atoms with Crippen LogP contribution in [0.1, 0.15) is 25.2 Å². The molecule has 0 aliphatic carbocycles. The van der Waals surface area contributed by atoms with E-state index in [2.05, 4.69) is 14.6 Å². The molecule has 2 aromatic heterocycles. The molecule has 0 fully saturated rings. The smallest absolute Gasteiger partial charge is 0.0951 e. The van der Waals surface area contributed by atoms with Gasteiger partial charge in [-0.2, -0.15) is 5.10 Å². The molecule has 0 spiro atoms. The van der Waals surface area contributed by atoms with Gasteiger partial charge in [0.2, 0.25) is 0 Å². The fraction of sp³-hybridized carbons (Fsp3) is 0.500. The Morgan fingerprint density at radius 1 is 1.35 bits per heavy atom. The van der Waals surface area contributed by atoms with Crippen LogP contribution in [-0.4, -0.2) is 24.9 Å². The first-order valence-corrected chi connectivity index (χ1v) is 5.70. The summed E-state index contributed by atoms with van der Waals surface area (Å²) in [6, 6.07) is 2.01. The minimum absolute atomic E-state index is 0.218. The second kappa shape index (κ2) is 4.33. The molecule has 17 heavy (non-hydrogen) atoms. The van der Waals surface area contributed by atoms with E-state index in [0.29, 0.717) is 0 Å². The number of nitrogens with two attached hydrogens (primary N) is 1. The summed E-state index contributed by atoms with van der Waals surface area (Å²) < 4.78 is 3.99. The van der Waals surface area contributed by atoms with Crippen LogP contribution in [0.15, 0.2) is 24.8 Å². The van der Waals surface area contributed by atoms with Crippen molar-refractivity contribution < 1.29 is 0 Å².